The van der Waals surface area contributed by atoms with Gasteiger partial charge >= 0.3 is 5.97 Å². The molecule has 5 heteroatoms. The molecule has 1 aliphatic carbocycles. The van der Waals surface area contributed by atoms with Gasteiger partial charge in [-0.25, -0.2) is 0 Å². The standard InChI is InChI=1S/C17H19NO4/c1-9(12-8-10-6-4-5-7-11(10)22-12)18-15(19)13-14(16(20)21)17(13,2)3/h4-9,13-14H,1-3H3,(H,18,19)(H,20,21)/t9-,13-,14+/m0/s1. The number of carbonyl (C=O) groups excluding carboxylic acids is 1. The molecule has 3 atom stereocenters. The Kier molecular flexibility index (Phi) is 3.24. The number of aliphatic carboxylic acids is 1. The number of rotatable bonds is 4. The zero-order valence-electron chi connectivity index (χ0n) is 12.8. The summed E-state index contributed by atoms with van der Waals surface area (Å²) in [6.07, 6.45) is 0. The van der Waals surface area contributed by atoms with E-state index in [4.69, 9.17) is 9.52 Å². The van der Waals surface area contributed by atoms with Crippen molar-refractivity contribution in [3.63, 3.8) is 0 Å². The number of carboxylic acid groups (broad SMARTS) is 1. The van der Waals surface area contributed by atoms with E-state index >= 15 is 0 Å². The second-order valence-corrected chi connectivity index (χ2v) is 6.53. The van der Waals surface area contributed by atoms with Crippen LogP contribution in [0.4, 0.5) is 0 Å². The molecule has 1 aromatic heterocycles. The maximum Gasteiger partial charge on any atom is 0.307 e. The molecule has 0 aliphatic heterocycles. The summed E-state index contributed by atoms with van der Waals surface area (Å²) in [4.78, 5) is 23.5. The fourth-order valence-electron chi connectivity index (χ4n) is 3.18. The number of amides is 1. The van der Waals surface area contributed by atoms with Crippen LogP contribution in [0.15, 0.2) is 34.7 Å². The van der Waals surface area contributed by atoms with Crippen molar-refractivity contribution in [1.29, 1.82) is 0 Å². The number of carboxylic acids is 1. The number of nitrogens with one attached hydrogen (secondary N) is 1. The molecular weight excluding hydrogens is 282 g/mol. The number of para-hydroxylation sites is 1. The van der Waals surface area contributed by atoms with Gasteiger partial charge < -0.3 is 14.8 Å². The first-order valence-corrected chi connectivity index (χ1v) is 7.34. The Bertz CT molecular complexity index is 713. The third kappa shape index (κ3) is 2.26. The Balaban J connectivity index is 1.73. The van der Waals surface area contributed by atoms with Gasteiger partial charge in [0.15, 0.2) is 0 Å². The molecule has 1 saturated carbocycles. The van der Waals surface area contributed by atoms with Gasteiger partial charge in [-0.1, -0.05) is 32.0 Å². The fourth-order valence-corrected chi connectivity index (χ4v) is 3.18. The zero-order chi connectivity index (χ0) is 16.1. The minimum atomic E-state index is -0.915. The summed E-state index contributed by atoms with van der Waals surface area (Å²) in [5.41, 5.74) is 0.275. The quantitative estimate of drug-likeness (QED) is 0.910. The molecule has 1 aliphatic rings. The topological polar surface area (TPSA) is 79.5 Å². The van der Waals surface area contributed by atoms with Gasteiger partial charge in [-0.15, -0.1) is 0 Å². The molecule has 1 heterocycles. The average molecular weight is 301 g/mol. The van der Waals surface area contributed by atoms with Gasteiger partial charge in [0, 0.05) is 5.39 Å². The van der Waals surface area contributed by atoms with E-state index in [1.807, 2.05) is 51.1 Å². The smallest absolute Gasteiger partial charge is 0.307 e. The molecule has 0 unspecified atom stereocenters. The highest BCUT2D eigenvalue weighted by molar-refractivity contribution is 5.91. The fraction of sp³-hybridized carbons (Fsp3) is 0.412. The average Bonchev–Trinajstić information content (AvgIpc) is 2.82. The van der Waals surface area contributed by atoms with E-state index in [1.54, 1.807) is 0 Å². The van der Waals surface area contributed by atoms with Gasteiger partial charge in [0.1, 0.15) is 11.3 Å². The summed E-state index contributed by atoms with van der Waals surface area (Å²) in [5.74, 6) is -1.58. The largest absolute Gasteiger partial charge is 0.481 e. The summed E-state index contributed by atoms with van der Waals surface area (Å²) in [6, 6.07) is 9.23. The summed E-state index contributed by atoms with van der Waals surface area (Å²) < 4.78 is 5.73. The lowest BCUT2D eigenvalue weighted by Crippen LogP contribution is -2.29. The highest BCUT2D eigenvalue weighted by Crippen LogP contribution is 2.58. The third-order valence-corrected chi connectivity index (χ3v) is 4.61. The van der Waals surface area contributed by atoms with Crippen LogP contribution in [0.25, 0.3) is 11.0 Å². The molecule has 3 rings (SSSR count). The van der Waals surface area contributed by atoms with Crippen molar-refractivity contribution in [2.45, 2.75) is 26.8 Å². The van der Waals surface area contributed by atoms with Gasteiger partial charge in [0.2, 0.25) is 5.91 Å². The molecule has 116 valence electrons. The second-order valence-electron chi connectivity index (χ2n) is 6.53. The van der Waals surface area contributed by atoms with E-state index in [0.29, 0.717) is 5.76 Å². The van der Waals surface area contributed by atoms with Gasteiger partial charge in [-0.2, -0.15) is 0 Å². The summed E-state index contributed by atoms with van der Waals surface area (Å²) in [7, 11) is 0. The highest BCUT2D eigenvalue weighted by Gasteiger charge is 2.65. The normalized spacial score (nSPS) is 24.0. The molecule has 5 nitrogen and oxygen atoms in total. The maximum atomic E-state index is 12.3. The van der Waals surface area contributed by atoms with E-state index < -0.39 is 23.2 Å². The monoisotopic (exact) mass is 301 g/mol. The molecular formula is C17H19NO4. The Morgan fingerprint density at radius 2 is 1.95 bits per heavy atom. The van der Waals surface area contributed by atoms with Crippen LogP contribution in [0.2, 0.25) is 0 Å². The van der Waals surface area contributed by atoms with Crippen molar-refractivity contribution in [2.24, 2.45) is 17.3 Å². The van der Waals surface area contributed by atoms with E-state index in [2.05, 4.69) is 5.32 Å². The molecule has 0 radical (unpaired) electrons. The van der Waals surface area contributed by atoms with Gasteiger partial charge in [0.05, 0.1) is 17.9 Å². The predicted molar refractivity (Wildman–Crippen MR) is 81.2 cm³/mol. The minimum absolute atomic E-state index is 0.231. The van der Waals surface area contributed by atoms with Crippen LogP contribution in [-0.4, -0.2) is 17.0 Å². The van der Waals surface area contributed by atoms with Crippen molar-refractivity contribution in [3.05, 3.63) is 36.1 Å². The Labute approximate surface area is 128 Å². The number of benzene rings is 1. The van der Waals surface area contributed by atoms with E-state index in [9.17, 15) is 9.59 Å². The first-order valence-electron chi connectivity index (χ1n) is 7.34. The van der Waals surface area contributed by atoms with Crippen molar-refractivity contribution >= 4 is 22.8 Å². The van der Waals surface area contributed by atoms with Crippen LogP contribution in [0.1, 0.15) is 32.6 Å². The highest BCUT2D eigenvalue weighted by atomic mass is 16.4. The minimum Gasteiger partial charge on any atom is -0.481 e. The first-order chi connectivity index (χ1) is 10.3. The maximum absolute atomic E-state index is 12.3. The van der Waals surface area contributed by atoms with Gasteiger partial charge in [-0.05, 0) is 24.5 Å². The van der Waals surface area contributed by atoms with Crippen LogP contribution in [0.5, 0.6) is 0 Å². The second kappa shape index (κ2) is 4.87. The first kappa shape index (κ1) is 14.6. The molecule has 1 amide bonds. The van der Waals surface area contributed by atoms with Gasteiger partial charge in [-0.3, -0.25) is 9.59 Å². The summed E-state index contributed by atoms with van der Waals surface area (Å²) in [5, 5.41) is 13.0. The van der Waals surface area contributed by atoms with Crippen molar-refractivity contribution in [3.8, 4) is 0 Å². The van der Waals surface area contributed by atoms with Crippen LogP contribution < -0.4 is 5.32 Å². The van der Waals surface area contributed by atoms with E-state index in [0.717, 1.165) is 11.0 Å². The van der Waals surface area contributed by atoms with Gasteiger partial charge in [0.25, 0.3) is 0 Å². The van der Waals surface area contributed by atoms with Crippen LogP contribution in [0.3, 0.4) is 0 Å². The molecule has 0 spiro atoms. The number of furan rings is 1. The number of carbonyl (C=O) groups is 2. The Morgan fingerprint density at radius 3 is 2.55 bits per heavy atom. The van der Waals surface area contributed by atoms with E-state index in [-0.39, 0.29) is 11.9 Å². The zero-order valence-corrected chi connectivity index (χ0v) is 12.8. The van der Waals surface area contributed by atoms with Crippen LogP contribution >= 0.6 is 0 Å². The molecule has 2 N–H and O–H groups in total. The number of hydrogen-bond donors (Lipinski definition) is 2. The van der Waals surface area contributed by atoms with Crippen molar-refractivity contribution in [1.82, 2.24) is 5.32 Å². The molecule has 0 saturated heterocycles. The molecule has 0 bridgehead atoms. The molecule has 1 fully saturated rings. The summed E-state index contributed by atoms with van der Waals surface area (Å²) >= 11 is 0. The number of hydrogen-bond acceptors (Lipinski definition) is 3. The van der Waals surface area contributed by atoms with Crippen LogP contribution in [0, 0.1) is 17.3 Å². The third-order valence-electron chi connectivity index (χ3n) is 4.61. The lowest BCUT2D eigenvalue weighted by Gasteiger charge is -2.12. The Morgan fingerprint density at radius 1 is 1.27 bits per heavy atom. The molecule has 1 aromatic carbocycles. The number of fused-ring (bicyclic) bond motifs is 1. The SMILES string of the molecule is C[C@H](NC(=O)[C@@H]1[C@H](C(=O)O)C1(C)C)c1cc2ccccc2o1. The van der Waals surface area contributed by atoms with E-state index in [1.165, 1.54) is 0 Å². The lowest BCUT2D eigenvalue weighted by atomic mass is 10.1. The molecule has 22 heavy (non-hydrogen) atoms. The lowest BCUT2D eigenvalue weighted by molar-refractivity contribution is -0.140. The predicted octanol–water partition coefficient (Wildman–Crippen LogP) is 2.97. The van der Waals surface area contributed by atoms with Crippen LogP contribution in [-0.2, 0) is 9.59 Å². The Hall–Kier alpha value is -2.30. The summed E-state index contributed by atoms with van der Waals surface area (Å²) in [6.45, 7) is 5.45. The molecule has 2 aromatic rings. The van der Waals surface area contributed by atoms with Crippen molar-refractivity contribution < 1.29 is 19.1 Å². The van der Waals surface area contributed by atoms with Crippen molar-refractivity contribution in [2.75, 3.05) is 0 Å².